The van der Waals surface area contributed by atoms with Crippen LogP contribution in [0.15, 0.2) is 6.20 Å². The molecule has 19 heavy (non-hydrogen) atoms. The second-order valence-electron chi connectivity index (χ2n) is 5.22. The number of nitrogens with zero attached hydrogens (tertiary/aromatic N) is 3. The van der Waals surface area contributed by atoms with E-state index in [-0.39, 0.29) is 0 Å². The van der Waals surface area contributed by atoms with Crippen molar-refractivity contribution in [1.29, 1.82) is 0 Å². The molecule has 1 N–H and O–H groups in total. The Morgan fingerprint density at radius 2 is 2.37 bits per heavy atom. The summed E-state index contributed by atoms with van der Waals surface area (Å²) in [7, 11) is 1.72. The Bertz CT molecular complexity index is 391. The van der Waals surface area contributed by atoms with Crippen LogP contribution in [0.3, 0.4) is 0 Å². The van der Waals surface area contributed by atoms with Gasteiger partial charge in [0.2, 0.25) is 5.95 Å². The van der Waals surface area contributed by atoms with Crippen molar-refractivity contribution in [2.75, 3.05) is 45.2 Å². The van der Waals surface area contributed by atoms with E-state index in [1.165, 1.54) is 19.4 Å². The Hall–Kier alpha value is -1.07. The monoisotopic (exact) mass is 266 g/mol. The third-order valence-electron chi connectivity index (χ3n) is 3.76. The molecule has 0 aliphatic carbocycles. The van der Waals surface area contributed by atoms with E-state index in [0.717, 1.165) is 31.3 Å². The Morgan fingerprint density at radius 3 is 3.11 bits per heavy atom. The normalized spacial score (nSPS) is 20.7. The smallest absolute Gasteiger partial charge is 0.203 e. The summed E-state index contributed by atoms with van der Waals surface area (Å²) < 4.78 is 7.39. The van der Waals surface area contributed by atoms with E-state index in [0.29, 0.717) is 12.6 Å². The van der Waals surface area contributed by atoms with Gasteiger partial charge in [-0.05, 0) is 32.9 Å². The van der Waals surface area contributed by atoms with E-state index in [9.17, 15) is 0 Å². The minimum Gasteiger partial charge on any atom is -0.383 e. The fourth-order valence-electron chi connectivity index (χ4n) is 2.74. The number of ether oxygens (including phenoxy) is 1. The molecule has 5 heteroatoms. The average molecular weight is 266 g/mol. The first-order valence-corrected chi connectivity index (χ1v) is 7.25. The maximum atomic E-state index is 5.08. The maximum absolute atomic E-state index is 5.08. The summed E-state index contributed by atoms with van der Waals surface area (Å²) >= 11 is 0. The van der Waals surface area contributed by atoms with Crippen molar-refractivity contribution in [1.82, 2.24) is 14.5 Å². The molecule has 1 aromatic heterocycles. The molecule has 1 saturated heterocycles. The molecule has 1 aliphatic rings. The van der Waals surface area contributed by atoms with Crippen LogP contribution in [0.2, 0.25) is 0 Å². The molecular formula is C14H26N4O. The fourth-order valence-corrected chi connectivity index (χ4v) is 2.74. The van der Waals surface area contributed by atoms with Crippen molar-refractivity contribution in [3.63, 3.8) is 0 Å². The second kappa shape index (κ2) is 6.91. The molecule has 5 nitrogen and oxygen atoms in total. The first-order chi connectivity index (χ1) is 9.24. The van der Waals surface area contributed by atoms with Crippen molar-refractivity contribution in [2.45, 2.75) is 32.7 Å². The summed E-state index contributed by atoms with van der Waals surface area (Å²) in [6.45, 7) is 9.29. The van der Waals surface area contributed by atoms with Gasteiger partial charge in [-0.2, -0.15) is 0 Å². The topological polar surface area (TPSA) is 42.3 Å². The van der Waals surface area contributed by atoms with E-state index in [4.69, 9.17) is 4.74 Å². The highest BCUT2D eigenvalue weighted by atomic mass is 16.5. The SMILES string of the molecule is CCN1CCCC(n2cc(C)nc2NCCOC)C1. The molecule has 0 saturated carbocycles. The number of likely N-dealkylation sites (tertiary alicyclic amines) is 1. The summed E-state index contributed by atoms with van der Waals surface area (Å²) in [6.07, 6.45) is 4.68. The van der Waals surface area contributed by atoms with Gasteiger partial charge in [-0.15, -0.1) is 0 Å². The number of hydrogen-bond acceptors (Lipinski definition) is 4. The van der Waals surface area contributed by atoms with Crippen LogP contribution in [0.4, 0.5) is 5.95 Å². The molecule has 0 bridgehead atoms. The lowest BCUT2D eigenvalue weighted by molar-refractivity contribution is 0.186. The van der Waals surface area contributed by atoms with Crippen molar-refractivity contribution in [2.24, 2.45) is 0 Å². The molecule has 0 spiro atoms. The Morgan fingerprint density at radius 1 is 1.53 bits per heavy atom. The van der Waals surface area contributed by atoms with Gasteiger partial charge in [0.05, 0.1) is 12.3 Å². The molecular weight excluding hydrogens is 240 g/mol. The highest BCUT2D eigenvalue weighted by Crippen LogP contribution is 2.25. The van der Waals surface area contributed by atoms with Gasteiger partial charge in [-0.1, -0.05) is 6.92 Å². The molecule has 1 unspecified atom stereocenters. The van der Waals surface area contributed by atoms with Gasteiger partial charge in [-0.3, -0.25) is 0 Å². The zero-order valence-corrected chi connectivity index (χ0v) is 12.4. The first-order valence-electron chi connectivity index (χ1n) is 7.25. The molecule has 108 valence electrons. The molecule has 2 rings (SSSR count). The molecule has 0 radical (unpaired) electrons. The van der Waals surface area contributed by atoms with Crippen molar-refractivity contribution in [3.05, 3.63) is 11.9 Å². The Balaban J connectivity index is 2.05. The molecule has 1 fully saturated rings. The summed E-state index contributed by atoms with van der Waals surface area (Å²) in [6, 6.07) is 0.542. The van der Waals surface area contributed by atoms with Crippen LogP contribution in [-0.4, -0.2) is 54.3 Å². The first kappa shape index (κ1) is 14.3. The summed E-state index contributed by atoms with van der Waals surface area (Å²) in [5, 5.41) is 3.37. The van der Waals surface area contributed by atoms with Crippen molar-refractivity contribution >= 4 is 5.95 Å². The van der Waals surface area contributed by atoms with Crippen LogP contribution < -0.4 is 5.32 Å². The van der Waals surface area contributed by atoms with Crippen LogP contribution >= 0.6 is 0 Å². The zero-order valence-electron chi connectivity index (χ0n) is 12.4. The molecule has 1 atom stereocenters. The molecule has 1 aliphatic heterocycles. The van der Waals surface area contributed by atoms with E-state index in [2.05, 4.69) is 39.8 Å². The number of methoxy groups -OCH3 is 1. The number of likely N-dealkylation sites (N-methyl/N-ethyl adjacent to an activating group) is 1. The van der Waals surface area contributed by atoms with Crippen LogP contribution in [-0.2, 0) is 4.74 Å². The van der Waals surface area contributed by atoms with E-state index in [1.807, 2.05) is 0 Å². The maximum Gasteiger partial charge on any atom is 0.203 e. The lowest BCUT2D eigenvalue weighted by Gasteiger charge is -2.33. The van der Waals surface area contributed by atoms with E-state index >= 15 is 0 Å². The number of aromatic nitrogens is 2. The Labute approximate surface area is 116 Å². The molecule has 0 aromatic carbocycles. The van der Waals surface area contributed by atoms with Gasteiger partial charge < -0.3 is 19.5 Å². The lowest BCUT2D eigenvalue weighted by atomic mass is 10.1. The van der Waals surface area contributed by atoms with Crippen LogP contribution in [0, 0.1) is 6.92 Å². The summed E-state index contributed by atoms with van der Waals surface area (Å²) in [5.41, 5.74) is 1.08. The van der Waals surface area contributed by atoms with E-state index < -0.39 is 0 Å². The summed E-state index contributed by atoms with van der Waals surface area (Å²) in [4.78, 5) is 7.10. The number of anilines is 1. The molecule has 1 aromatic rings. The third-order valence-corrected chi connectivity index (χ3v) is 3.76. The molecule has 2 heterocycles. The number of imidazole rings is 1. The van der Waals surface area contributed by atoms with Gasteiger partial charge in [0.1, 0.15) is 0 Å². The third kappa shape index (κ3) is 3.70. The van der Waals surface area contributed by atoms with Gasteiger partial charge >= 0.3 is 0 Å². The highest BCUT2D eigenvalue weighted by Gasteiger charge is 2.22. The van der Waals surface area contributed by atoms with Crippen molar-refractivity contribution < 1.29 is 4.74 Å². The van der Waals surface area contributed by atoms with Crippen LogP contribution in [0.25, 0.3) is 0 Å². The fraction of sp³-hybridized carbons (Fsp3) is 0.786. The van der Waals surface area contributed by atoms with Gasteiger partial charge in [0.15, 0.2) is 0 Å². The van der Waals surface area contributed by atoms with Gasteiger partial charge in [0.25, 0.3) is 0 Å². The minimum atomic E-state index is 0.542. The number of rotatable bonds is 6. The van der Waals surface area contributed by atoms with Crippen LogP contribution in [0.1, 0.15) is 31.5 Å². The van der Waals surface area contributed by atoms with Crippen molar-refractivity contribution in [3.8, 4) is 0 Å². The number of nitrogens with one attached hydrogen (secondary N) is 1. The standard InChI is InChI=1S/C14H26N4O/c1-4-17-8-5-6-13(11-17)18-10-12(2)16-14(18)15-7-9-19-3/h10,13H,4-9,11H2,1-3H3,(H,15,16). The van der Waals surface area contributed by atoms with Gasteiger partial charge in [0, 0.05) is 32.4 Å². The molecule has 0 amide bonds. The summed E-state index contributed by atoms with van der Waals surface area (Å²) in [5.74, 6) is 0.984. The predicted molar refractivity (Wildman–Crippen MR) is 77.7 cm³/mol. The second-order valence-corrected chi connectivity index (χ2v) is 5.22. The quantitative estimate of drug-likeness (QED) is 0.799. The van der Waals surface area contributed by atoms with Crippen LogP contribution in [0.5, 0.6) is 0 Å². The minimum absolute atomic E-state index is 0.542. The van der Waals surface area contributed by atoms with Gasteiger partial charge in [-0.25, -0.2) is 4.98 Å². The Kier molecular flexibility index (Phi) is 5.22. The lowest BCUT2D eigenvalue weighted by Crippen LogP contribution is -2.36. The predicted octanol–water partition coefficient (Wildman–Crippen LogP) is 1.91. The number of hydrogen-bond donors (Lipinski definition) is 1. The number of aryl methyl sites for hydroxylation is 1. The van der Waals surface area contributed by atoms with E-state index in [1.54, 1.807) is 7.11 Å². The number of piperidine rings is 1. The largest absolute Gasteiger partial charge is 0.383 e. The zero-order chi connectivity index (χ0) is 13.7. The highest BCUT2D eigenvalue weighted by molar-refractivity contribution is 5.29. The average Bonchev–Trinajstić information content (AvgIpc) is 2.80.